The second kappa shape index (κ2) is 7.23. The number of benzene rings is 1. The molecule has 0 saturated heterocycles. The van der Waals surface area contributed by atoms with Gasteiger partial charge in [0.2, 0.25) is 0 Å². The van der Waals surface area contributed by atoms with E-state index in [9.17, 15) is 4.79 Å². The number of methoxy groups -OCH3 is 1. The molecule has 7 heteroatoms. The lowest BCUT2D eigenvalue weighted by Gasteiger charge is -2.08. The zero-order chi connectivity index (χ0) is 13.5. The molecule has 98 valence electrons. The van der Waals surface area contributed by atoms with Crippen LogP contribution in [0.1, 0.15) is 5.56 Å². The molecule has 0 heterocycles. The van der Waals surface area contributed by atoms with Crippen LogP contribution in [0.4, 0.5) is 0 Å². The van der Waals surface area contributed by atoms with Gasteiger partial charge in [0.15, 0.2) is 0 Å². The molecule has 0 spiro atoms. The molecule has 0 saturated carbocycles. The van der Waals surface area contributed by atoms with E-state index in [0.717, 1.165) is 5.56 Å². The van der Waals surface area contributed by atoms with Gasteiger partial charge in [-0.15, -0.1) is 0 Å². The molecular formula is C11H11BrClNO4. The minimum atomic E-state index is -0.753. The lowest BCUT2D eigenvalue weighted by molar-refractivity contribution is -0.134. The summed E-state index contributed by atoms with van der Waals surface area (Å²) in [4.78, 5) is 15.9. The van der Waals surface area contributed by atoms with Gasteiger partial charge in [-0.25, -0.2) is 4.79 Å². The standard InChI is InChI=1S/C11H11BrClNO4/c1-16-11(15)10(14-17-2)18-9-5-7(6-12)3-4-8(9)13/h3-5H,6H2,1-2H3/b14-10+. The fourth-order valence-corrected chi connectivity index (χ4v) is 1.59. The first-order valence-corrected chi connectivity index (χ1v) is 6.34. The molecule has 0 atom stereocenters. The van der Waals surface area contributed by atoms with Crippen molar-refractivity contribution in [1.82, 2.24) is 0 Å². The van der Waals surface area contributed by atoms with E-state index >= 15 is 0 Å². The van der Waals surface area contributed by atoms with Gasteiger partial charge in [-0.2, -0.15) is 0 Å². The topological polar surface area (TPSA) is 57.1 Å². The van der Waals surface area contributed by atoms with Crippen LogP contribution in [-0.4, -0.2) is 26.1 Å². The normalized spacial score (nSPS) is 11.0. The molecule has 0 aliphatic rings. The number of carbonyl (C=O) groups is 1. The Kier molecular flexibility index (Phi) is 5.94. The van der Waals surface area contributed by atoms with Crippen LogP contribution in [0.15, 0.2) is 23.4 Å². The van der Waals surface area contributed by atoms with Gasteiger partial charge >= 0.3 is 11.9 Å². The summed E-state index contributed by atoms with van der Waals surface area (Å²) in [5, 5.41) is 4.42. The van der Waals surface area contributed by atoms with Gasteiger partial charge in [-0.3, -0.25) is 0 Å². The molecular weight excluding hydrogens is 325 g/mol. The number of ether oxygens (including phenoxy) is 2. The largest absolute Gasteiger partial charge is 0.462 e. The molecule has 0 aliphatic carbocycles. The number of rotatable bonds is 3. The second-order valence-corrected chi connectivity index (χ2v) is 4.04. The maximum Gasteiger partial charge on any atom is 0.397 e. The van der Waals surface area contributed by atoms with Gasteiger partial charge in [0.25, 0.3) is 0 Å². The van der Waals surface area contributed by atoms with Crippen LogP contribution < -0.4 is 4.74 Å². The molecule has 0 aliphatic heterocycles. The van der Waals surface area contributed by atoms with Crippen LogP contribution in [0.2, 0.25) is 5.02 Å². The number of oxime groups is 1. The highest BCUT2D eigenvalue weighted by Gasteiger charge is 2.17. The van der Waals surface area contributed by atoms with E-state index < -0.39 is 5.97 Å². The maximum absolute atomic E-state index is 11.4. The number of hydrogen-bond acceptors (Lipinski definition) is 5. The van der Waals surface area contributed by atoms with Crippen molar-refractivity contribution in [3.05, 3.63) is 28.8 Å². The summed E-state index contributed by atoms with van der Waals surface area (Å²) in [6, 6.07) is 5.18. The zero-order valence-electron chi connectivity index (χ0n) is 9.78. The van der Waals surface area contributed by atoms with Crippen LogP contribution in [-0.2, 0) is 19.7 Å². The molecule has 0 N–H and O–H groups in total. The first-order valence-electron chi connectivity index (χ1n) is 4.84. The number of carbonyl (C=O) groups excluding carboxylic acids is 1. The lowest BCUT2D eigenvalue weighted by atomic mass is 10.2. The van der Waals surface area contributed by atoms with Crippen LogP contribution >= 0.6 is 27.5 Å². The quantitative estimate of drug-likeness (QED) is 0.280. The van der Waals surface area contributed by atoms with Gasteiger partial charge < -0.3 is 14.3 Å². The van der Waals surface area contributed by atoms with Crippen molar-refractivity contribution in [3.63, 3.8) is 0 Å². The Morgan fingerprint density at radius 3 is 2.72 bits per heavy atom. The van der Waals surface area contributed by atoms with Crippen molar-refractivity contribution < 1.29 is 19.1 Å². The predicted molar refractivity (Wildman–Crippen MR) is 71.2 cm³/mol. The van der Waals surface area contributed by atoms with E-state index in [-0.39, 0.29) is 5.90 Å². The number of nitrogens with zero attached hydrogens (tertiary/aromatic N) is 1. The van der Waals surface area contributed by atoms with E-state index in [1.807, 2.05) is 6.07 Å². The zero-order valence-corrected chi connectivity index (χ0v) is 12.1. The average Bonchev–Trinajstić information content (AvgIpc) is 2.39. The molecule has 0 bridgehead atoms. The number of hydrogen-bond donors (Lipinski definition) is 0. The summed E-state index contributed by atoms with van der Waals surface area (Å²) >= 11 is 9.27. The van der Waals surface area contributed by atoms with Gasteiger partial charge in [-0.1, -0.05) is 33.6 Å². The number of esters is 1. The first-order chi connectivity index (χ1) is 8.62. The summed E-state index contributed by atoms with van der Waals surface area (Å²) in [6.07, 6.45) is 0. The molecule has 0 fully saturated rings. The predicted octanol–water partition coefficient (Wildman–Crippen LogP) is 2.75. The Labute approximate surface area is 118 Å². The summed E-state index contributed by atoms with van der Waals surface area (Å²) < 4.78 is 9.79. The molecule has 1 aromatic rings. The Bertz CT molecular complexity index is 464. The van der Waals surface area contributed by atoms with Crippen LogP contribution in [0, 0.1) is 0 Å². The fourth-order valence-electron chi connectivity index (χ4n) is 1.08. The molecule has 0 amide bonds. The van der Waals surface area contributed by atoms with Gasteiger partial charge in [-0.05, 0) is 22.9 Å². The minimum Gasteiger partial charge on any atom is -0.462 e. The second-order valence-electron chi connectivity index (χ2n) is 3.07. The fraction of sp³-hybridized carbons (Fsp3) is 0.273. The Balaban J connectivity index is 3.00. The van der Waals surface area contributed by atoms with Crippen molar-refractivity contribution in [1.29, 1.82) is 0 Å². The van der Waals surface area contributed by atoms with Gasteiger partial charge in [0.05, 0.1) is 12.1 Å². The van der Waals surface area contributed by atoms with Crippen LogP contribution in [0.25, 0.3) is 0 Å². The molecule has 1 aromatic carbocycles. The first kappa shape index (κ1) is 14.8. The monoisotopic (exact) mass is 335 g/mol. The third kappa shape index (κ3) is 3.89. The number of halogens is 2. The highest BCUT2D eigenvalue weighted by atomic mass is 79.9. The van der Waals surface area contributed by atoms with Crippen molar-refractivity contribution >= 4 is 39.4 Å². The van der Waals surface area contributed by atoms with Crippen LogP contribution in [0.3, 0.4) is 0 Å². The van der Waals surface area contributed by atoms with E-state index in [1.54, 1.807) is 12.1 Å². The third-order valence-electron chi connectivity index (χ3n) is 1.89. The van der Waals surface area contributed by atoms with Crippen molar-refractivity contribution in [2.45, 2.75) is 5.33 Å². The molecule has 0 radical (unpaired) electrons. The SMILES string of the molecule is CO/N=C(/Oc1cc(CBr)ccc1Cl)C(=O)OC. The summed E-state index contributed by atoms with van der Waals surface area (Å²) in [5.74, 6) is -0.777. The number of alkyl halides is 1. The van der Waals surface area contributed by atoms with Gasteiger partial charge in [0.1, 0.15) is 12.9 Å². The Morgan fingerprint density at radius 2 is 2.17 bits per heavy atom. The minimum absolute atomic E-state index is 0.301. The summed E-state index contributed by atoms with van der Waals surface area (Å²) in [7, 11) is 2.51. The van der Waals surface area contributed by atoms with E-state index in [4.69, 9.17) is 16.3 Å². The average molecular weight is 337 g/mol. The maximum atomic E-state index is 11.4. The Hall–Kier alpha value is -1.27. The lowest BCUT2D eigenvalue weighted by Crippen LogP contribution is -2.22. The molecule has 1 rings (SSSR count). The molecule has 0 unspecified atom stereocenters. The summed E-state index contributed by atoms with van der Waals surface area (Å²) in [5.41, 5.74) is 0.941. The third-order valence-corrected chi connectivity index (χ3v) is 2.85. The molecule has 0 aromatic heterocycles. The smallest absolute Gasteiger partial charge is 0.397 e. The molecule has 18 heavy (non-hydrogen) atoms. The van der Waals surface area contributed by atoms with E-state index in [0.29, 0.717) is 16.1 Å². The Morgan fingerprint density at radius 1 is 1.44 bits per heavy atom. The highest BCUT2D eigenvalue weighted by molar-refractivity contribution is 9.08. The summed E-state index contributed by atoms with van der Waals surface area (Å²) in [6.45, 7) is 0. The highest BCUT2D eigenvalue weighted by Crippen LogP contribution is 2.26. The molecule has 5 nitrogen and oxygen atoms in total. The van der Waals surface area contributed by atoms with Crippen molar-refractivity contribution in [3.8, 4) is 5.75 Å². The van der Waals surface area contributed by atoms with Crippen molar-refractivity contribution in [2.24, 2.45) is 5.16 Å². The van der Waals surface area contributed by atoms with E-state index in [1.165, 1.54) is 14.2 Å². The van der Waals surface area contributed by atoms with Crippen LogP contribution in [0.5, 0.6) is 5.75 Å². The van der Waals surface area contributed by atoms with E-state index in [2.05, 4.69) is 30.7 Å². The van der Waals surface area contributed by atoms with Crippen molar-refractivity contribution in [2.75, 3.05) is 14.2 Å². The van der Waals surface area contributed by atoms with Gasteiger partial charge in [0, 0.05) is 5.33 Å².